The minimum Gasteiger partial charge on any atom is -0.373 e. The molecule has 0 saturated heterocycles. The molecule has 0 aliphatic heterocycles. The van der Waals surface area contributed by atoms with Gasteiger partial charge in [0.05, 0.1) is 6.10 Å². The lowest BCUT2D eigenvalue weighted by atomic mass is 9.89. The van der Waals surface area contributed by atoms with Crippen molar-refractivity contribution < 1.29 is 9.53 Å². The minimum absolute atomic E-state index is 0.0971. The molecule has 1 aliphatic rings. The number of hydrogen-bond acceptors (Lipinski definition) is 3. The highest BCUT2D eigenvalue weighted by Gasteiger charge is 2.19. The third-order valence-electron chi connectivity index (χ3n) is 4.67. The Labute approximate surface area is 149 Å². The molecule has 2 aromatic rings. The van der Waals surface area contributed by atoms with Crippen molar-refractivity contribution in [3.8, 4) is 0 Å². The van der Waals surface area contributed by atoms with Gasteiger partial charge in [0.1, 0.15) is 0 Å². The predicted octanol–water partition coefficient (Wildman–Crippen LogP) is 3.61. The first-order valence-corrected chi connectivity index (χ1v) is 9.18. The molecule has 0 spiro atoms. The Hall–Kier alpha value is -2.20. The number of benzene rings is 1. The first kappa shape index (κ1) is 17.6. The maximum absolute atomic E-state index is 11.9. The molecule has 1 aromatic carbocycles. The van der Waals surface area contributed by atoms with Gasteiger partial charge in [-0.25, -0.2) is 0 Å². The quantitative estimate of drug-likeness (QED) is 0.748. The smallest absolute Gasteiger partial charge is 0.220 e. The molecule has 1 N–H and O–H groups in total. The minimum atomic E-state index is 0.0971. The summed E-state index contributed by atoms with van der Waals surface area (Å²) in [6, 6.07) is 12.5. The van der Waals surface area contributed by atoms with Crippen molar-refractivity contribution in [1.29, 1.82) is 0 Å². The number of carbonyl (C=O) groups is 1. The summed E-state index contributed by atoms with van der Waals surface area (Å²) in [4.78, 5) is 15.9. The van der Waals surface area contributed by atoms with Gasteiger partial charge in [-0.3, -0.25) is 9.78 Å². The first-order valence-electron chi connectivity index (χ1n) is 9.18. The van der Waals surface area contributed by atoms with Gasteiger partial charge in [0.2, 0.25) is 5.91 Å². The number of amides is 1. The molecule has 1 heterocycles. The van der Waals surface area contributed by atoms with Crippen LogP contribution in [-0.2, 0) is 22.4 Å². The van der Waals surface area contributed by atoms with E-state index >= 15 is 0 Å². The maximum atomic E-state index is 11.9. The van der Waals surface area contributed by atoms with Crippen LogP contribution in [-0.4, -0.2) is 24.0 Å². The zero-order valence-corrected chi connectivity index (χ0v) is 14.6. The lowest BCUT2D eigenvalue weighted by molar-refractivity contribution is -0.121. The fourth-order valence-corrected chi connectivity index (χ4v) is 3.30. The van der Waals surface area contributed by atoms with E-state index in [4.69, 9.17) is 4.74 Å². The summed E-state index contributed by atoms with van der Waals surface area (Å²) in [6.45, 7) is 1.35. The van der Waals surface area contributed by atoms with Crippen LogP contribution in [0.3, 0.4) is 0 Å². The van der Waals surface area contributed by atoms with E-state index in [-0.39, 0.29) is 12.0 Å². The zero-order valence-electron chi connectivity index (χ0n) is 14.6. The van der Waals surface area contributed by atoms with Crippen molar-refractivity contribution in [3.05, 3.63) is 65.5 Å². The zero-order chi connectivity index (χ0) is 17.3. The topological polar surface area (TPSA) is 51.2 Å². The van der Waals surface area contributed by atoms with E-state index in [0.29, 0.717) is 19.6 Å². The number of carbonyl (C=O) groups excluding carboxylic acids is 1. The van der Waals surface area contributed by atoms with Gasteiger partial charge in [-0.05, 0) is 60.9 Å². The number of rotatable bonds is 8. The maximum Gasteiger partial charge on any atom is 0.220 e. The highest BCUT2D eigenvalue weighted by atomic mass is 16.5. The molecular weight excluding hydrogens is 312 g/mol. The fourth-order valence-electron chi connectivity index (χ4n) is 3.30. The van der Waals surface area contributed by atoms with Crippen LogP contribution in [0.2, 0.25) is 0 Å². The van der Waals surface area contributed by atoms with Crippen LogP contribution >= 0.6 is 0 Å². The van der Waals surface area contributed by atoms with Crippen LogP contribution in [0, 0.1) is 0 Å². The molecule has 0 fully saturated rings. The van der Waals surface area contributed by atoms with Gasteiger partial charge in [0.25, 0.3) is 0 Å². The number of nitrogens with zero attached hydrogens (tertiary/aromatic N) is 1. The SMILES string of the molecule is O=C(CCc1ccncc1)NCCCO[C@H]1CCCc2ccccc21. The number of hydrogen-bond donors (Lipinski definition) is 1. The number of nitrogens with one attached hydrogen (secondary N) is 1. The molecule has 0 saturated carbocycles. The number of aromatic nitrogens is 1. The van der Waals surface area contributed by atoms with Crippen LogP contribution in [0.4, 0.5) is 0 Å². The van der Waals surface area contributed by atoms with E-state index in [1.54, 1.807) is 12.4 Å². The summed E-state index contributed by atoms with van der Waals surface area (Å²) in [6.07, 6.45) is 9.28. The largest absolute Gasteiger partial charge is 0.373 e. The lowest BCUT2D eigenvalue weighted by Crippen LogP contribution is -2.25. The fraction of sp³-hybridized carbons (Fsp3) is 0.429. The summed E-state index contributed by atoms with van der Waals surface area (Å²) in [5.41, 5.74) is 3.91. The molecule has 4 nitrogen and oxygen atoms in total. The summed E-state index contributed by atoms with van der Waals surface area (Å²) in [5.74, 6) is 0.0971. The second-order valence-electron chi connectivity index (χ2n) is 6.51. The molecule has 1 atom stereocenters. The van der Waals surface area contributed by atoms with Crippen LogP contribution in [0.5, 0.6) is 0 Å². The molecule has 3 rings (SSSR count). The molecule has 0 radical (unpaired) electrons. The normalized spacial score (nSPS) is 16.2. The van der Waals surface area contributed by atoms with Crippen LogP contribution in [0.25, 0.3) is 0 Å². The Bertz CT molecular complexity index is 673. The Morgan fingerprint density at radius 3 is 2.92 bits per heavy atom. The van der Waals surface area contributed by atoms with Crippen molar-refractivity contribution in [1.82, 2.24) is 10.3 Å². The van der Waals surface area contributed by atoms with Gasteiger partial charge in [0.15, 0.2) is 0 Å². The summed E-state index contributed by atoms with van der Waals surface area (Å²) < 4.78 is 6.06. The molecule has 0 bridgehead atoms. The van der Waals surface area contributed by atoms with E-state index in [2.05, 4.69) is 34.6 Å². The highest BCUT2D eigenvalue weighted by molar-refractivity contribution is 5.76. The summed E-state index contributed by atoms with van der Waals surface area (Å²) in [7, 11) is 0. The van der Waals surface area contributed by atoms with E-state index in [9.17, 15) is 4.79 Å². The lowest BCUT2D eigenvalue weighted by Gasteiger charge is -2.25. The highest BCUT2D eigenvalue weighted by Crippen LogP contribution is 2.32. The van der Waals surface area contributed by atoms with Crippen molar-refractivity contribution >= 4 is 5.91 Å². The first-order chi connectivity index (χ1) is 12.3. The molecule has 1 aromatic heterocycles. The third kappa shape index (κ3) is 5.40. The van der Waals surface area contributed by atoms with Gasteiger partial charge in [-0.15, -0.1) is 0 Å². The van der Waals surface area contributed by atoms with Crippen LogP contribution < -0.4 is 5.32 Å². The van der Waals surface area contributed by atoms with Gasteiger partial charge >= 0.3 is 0 Å². The number of fused-ring (bicyclic) bond motifs is 1. The molecule has 0 unspecified atom stereocenters. The van der Waals surface area contributed by atoms with Gasteiger partial charge in [-0.1, -0.05) is 24.3 Å². The third-order valence-corrected chi connectivity index (χ3v) is 4.67. The Morgan fingerprint density at radius 2 is 2.04 bits per heavy atom. The van der Waals surface area contributed by atoms with Gasteiger partial charge in [-0.2, -0.15) is 0 Å². The summed E-state index contributed by atoms with van der Waals surface area (Å²) >= 11 is 0. The Balaban J connectivity index is 1.31. The van der Waals surface area contributed by atoms with Crippen molar-refractivity contribution in [2.45, 2.75) is 44.6 Å². The Kier molecular flexibility index (Phi) is 6.57. The van der Waals surface area contributed by atoms with Gasteiger partial charge < -0.3 is 10.1 Å². The van der Waals surface area contributed by atoms with Gasteiger partial charge in [0, 0.05) is 32.0 Å². The van der Waals surface area contributed by atoms with E-state index in [1.165, 1.54) is 17.5 Å². The molecule has 1 aliphatic carbocycles. The number of aryl methyl sites for hydroxylation is 2. The van der Waals surface area contributed by atoms with Crippen molar-refractivity contribution in [3.63, 3.8) is 0 Å². The van der Waals surface area contributed by atoms with E-state index in [0.717, 1.165) is 31.2 Å². The standard InChI is InChI=1S/C21H26N2O2/c24-21(10-9-17-11-14-22-15-12-17)23-13-4-16-25-20-8-3-6-18-5-1-2-7-19(18)20/h1-2,5,7,11-12,14-15,20H,3-4,6,8-10,13,16H2,(H,23,24)/t20-/m0/s1. The second-order valence-corrected chi connectivity index (χ2v) is 6.51. The molecule has 1 amide bonds. The van der Waals surface area contributed by atoms with Crippen LogP contribution in [0.15, 0.2) is 48.8 Å². The molecule has 132 valence electrons. The monoisotopic (exact) mass is 338 g/mol. The average Bonchev–Trinajstić information content (AvgIpc) is 2.67. The molecule has 25 heavy (non-hydrogen) atoms. The van der Waals surface area contributed by atoms with Crippen molar-refractivity contribution in [2.24, 2.45) is 0 Å². The van der Waals surface area contributed by atoms with Crippen LogP contribution in [0.1, 0.15) is 48.5 Å². The van der Waals surface area contributed by atoms with Crippen molar-refractivity contribution in [2.75, 3.05) is 13.2 Å². The predicted molar refractivity (Wildman–Crippen MR) is 98.3 cm³/mol. The Morgan fingerprint density at radius 1 is 1.20 bits per heavy atom. The second kappa shape index (κ2) is 9.33. The molecule has 4 heteroatoms. The number of ether oxygens (including phenoxy) is 1. The van der Waals surface area contributed by atoms with E-state index in [1.807, 2.05) is 12.1 Å². The molecular formula is C21H26N2O2. The average molecular weight is 338 g/mol. The number of pyridine rings is 1. The summed E-state index contributed by atoms with van der Waals surface area (Å²) in [5, 5.41) is 2.98. The van der Waals surface area contributed by atoms with E-state index < -0.39 is 0 Å².